The van der Waals surface area contributed by atoms with Gasteiger partial charge in [0.2, 0.25) is 5.28 Å². The average molecular weight is 216 g/mol. The summed E-state index contributed by atoms with van der Waals surface area (Å²) in [6.45, 7) is 3.99. The van der Waals surface area contributed by atoms with E-state index in [0.717, 1.165) is 5.69 Å². The first-order chi connectivity index (χ1) is 6.61. The Morgan fingerprint density at radius 1 is 1.57 bits per heavy atom. The van der Waals surface area contributed by atoms with E-state index in [0.29, 0.717) is 12.2 Å². The number of hydrogen-bond donors (Lipinski definition) is 2. The molecule has 0 spiro atoms. The fourth-order valence-corrected chi connectivity index (χ4v) is 1.35. The molecule has 1 aromatic heterocycles. The molecule has 1 atom stereocenters. The molecule has 0 saturated heterocycles. The molecule has 0 saturated carbocycles. The van der Waals surface area contributed by atoms with Crippen LogP contribution in [0.3, 0.4) is 0 Å². The van der Waals surface area contributed by atoms with Gasteiger partial charge >= 0.3 is 0 Å². The summed E-state index contributed by atoms with van der Waals surface area (Å²) in [6.07, 6.45) is 0.681. The molecule has 0 aliphatic carbocycles. The largest absolute Gasteiger partial charge is 0.396 e. The molecule has 0 radical (unpaired) electrons. The lowest BCUT2D eigenvalue weighted by Crippen LogP contribution is -2.17. The Kier molecular flexibility index (Phi) is 4.10. The maximum atomic E-state index is 8.73. The van der Waals surface area contributed by atoms with E-state index in [1.165, 1.54) is 0 Å². The highest BCUT2D eigenvalue weighted by Gasteiger charge is 2.04. The van der Waals surface area contributed by atoms with Crippen molar-refractivity contribution >= 4 is 17.4 Å². The number of rotatable bonds is 4. The van der Waals surface area contributed by atoms with Gasteiger partial charge in [0, 0.05) is 24.4 Å². The van der Waals surface area contributed by atoms with Crippen LogP contribution in [0.1, 0.15) is 19.0 Å². The van der Waals surface area contributed by atoms with Crippen molar-refractivity contribution in [1.29, 1.82) is 0 Å². The second-order valence-electron chi connectivity index (χ2n) is 3.22. The van der Waals surface area contributed by atoms with Crippen LogP contribution in [0.25, 0.3) is 0 Å². The quantitative estimate of drug-likeness (QED) is 0.750. The molecule has 1 aromatic rings. The maximum absolute atomic E-state index is 8.73. The highest BCUT2D eigenvalue weighted by molar-refractivity contribution is 6.28. The first-order valence-electron chi connectivity index (χ1n) is 4.50. The van der Waals surface area contributed by atoms with Gasteiger partial charge in [0.05, 0.1) is 0 Å². The molecule has 2 N–H and O–H groups in total. The molecule has 0 fully saturated rings. The number of aliphatic hydroxyl groups is 1. The predicted molar refractivity (Wildman–Crippen MR) is 56.6 cm³/mol. The van der Waals surface area contributed by atoms with Crippen molar-refractivity contribution in [1.82, 2.24) is 9.97 Å². The lowest BCUT2D eigenvalue weighted by Gasteiger charge is -2.13. The van der Waals surface area contributed by atoms with E-state index < -0.39 is 0 Å². The Balaban J connectivity index is 2.66. The van der Waals surface area contributed by atoms with Crippen molar-refractivity contribution in [2.45, 2.75) is 26.3 Å². The molecular weight excluding hydrogens is 202 g/mol. The zero-order valence-electron chi connectivity index (χ0n) is 8.29. The first kappa shape index (κ1) is 11.2. The van der Waals surface area contributed by atoms with Gasteiger partial charge < -0.3 is 10.4 Å². The Hall–Kier alpha value is -0.870. The molecule has 0 aliphatic heterocycles. The normalized spacial score (nSPS) is 12.6. The smallest absolute Gasteiger partial charge is 0.224 e. The first-order valence-corrected chi connectivity index (χ1v) is 4.88. The van der Waals surface area contributed by atoms with E-state index in [-0.39, 0.29) is 17.9 Å². The molecule has 0 aromatic carbocycles. The Morgan fingerprint density at radius 3 is 2.86 bits per heavy atom. The van der Waals surface area contributed by atoms with Gasteiger partial charge in [0.1, 0.15) is 5.82 Å². The summed E-state index contributed by atoms with van der Waals surface area (Å²) in [5.41, 5.74) is 0.823. The topological polar surface area (TPSA) is 58.0 Å². The van der Waals surface area contributed by atoms with E-state index in [1.807, 2.05) is 19.9 Å². The summed E-state index contributed by atoms with van der Waals surface area (Å²) in [5.74, 6) is 0.698. The van der Waals surface area contributed by atoms with Gasteiger partial charge in [-0.1, -0.05) is 0 Å². The number of nitrogens with one attached hydrogen (secondary N) is 1. The lowest BCUT2D eigenvalue weighted by molar-refractivity contribution is 0.282. The predicted octanol–water partition coefficient (Wildman–Crippen LogP) is 1.62. The van der Waals surface area contributed by atoms with Crippen molar-refractivity contribution in [3.05, 3.63) is 17.0 Å². The zero-order chi connectivity index (χ0) is 10.6. The van der Waals surface area contributed by atoms with Crippen molar-refractivity contribution in [3.8, 4) is 0 Å². The fraction of sp³-hybridized carbons (Fsp3) is 0.556. The third kappa shape index (κ3) is 3.47. The summed E-state index contributed by atoms with van der Waals surface area (Å²) < 4.78 is 0. The molecule has 4 nitrogen and oxygen atoms in total. The van der Waals surface area contributed by atoms with E-state index in [4.69, 9.17) is 16.7 Å². The van der Waals surface area contributed by atoms with Gasteiger partial charge in [-0.25, -0.2) is 9.97 Å². The average Bonchev–Trinajstić information content (AvgIpc) is 2.01. The molecule has 5 heteroatoms. The minimum Gasteiger partial charge on any atom is -0.396 e. The second kappa shape index (κ2) is 5.12. The van der Waals surface area contributed by atoms with Crippen molar-refractivity contribution in [2.75, 3.05) is 11.9 Å². The third-order valence-corrected chi connectivity index (χ3v) is 1.95. The number of aromatic nitrogens is 2. The number of aryl methyl sites for hydroxylation is 1. The van der Waals surface area contributed by atoms with E-state index in [1.54, 1.807) is 0 Å². The molecule has 78 valence electrons. The van der Waals surface area contributed by atoms with Crippen LogP contribution in [0.2, 0.25) is 5.28 Å². The second-order valence-corrected chi connectivity index (χ2v) is 3.56. The molecule has 1 unspecified atom stereocenters. The van der Waals surface area contributed by atoms with Crippen LogP contribution >= 0.6 is 11.6 Å². The van der Waals surface area contributed by atoms with E-state index in [2.05, 4.69) is 15.3 Å². The van der Waals surface area contributed by atoms with Gasteiger partial charge in [0.15, 0.2) is 0 Å². The number of halogens is 1. The van der Waals surface area contributed by atoms with Gasteiger partial charge in [-0.3, -0.25) is 0 Å². The van der Waals surface area contributed by atoms with Crippen LogP contribution in [0.4, 0.5) is 5.82 Å². The van der Waals surface area contributed by atoms with Crippen LogP contribution in [-0.2, 0) is 0 Å². The SMILES string of the molecule is Cc1cc(NC(C)CCO)nc(Cl)n1. The van der Waals surface area contributed by atoms with Crippen LogP contribution in [-0.4, -0.2) is 27.7 Å². The zero-order valence-corrected chi connectivity index (χ0v) is 9.04. The Morgan fingerprint density at radius 2 is 2.29 bits per heavy atom. The van der Waals surface area contributed by atoms with Gasteiger partial charge in [0.25, 0.3) is 0 Å². The standard InChI is InChI=1S/C9H14ClN3O/c1-6(3-4-14)11-8-5-7(2)12-9(10)13-8/h5-6,14H,3-4H2,1-2H3,(H,11,12,13). The highest BCUT2D eigenvalue weighted by Crippen LogP contribution is 2.11. The van der Waals surface area contributed by atoms with Crippen LogP contribution in [0.15, 0.2) is 6.07 Å². The van der Waals surface area contributed by atoms with E-state index >= 15 is 0 Å². The number of nitrogens with zero attached hydrogens (tertiary/aromatic N) is 2. The van der Waals surface area contributed by atoms with Gasteiger partial charge in [-0.15, -0.1) is 0 Å². The van der Waals surface area contributed by atoms with Crippen LogP contribution in [0, 0.1) is 6.92 Å². The van der Waals surface area contributed by atoms with Gasteiger partial charge in [-0.2, -0.15) is 0 Å². The van der Waals surface area contributed by atoms with Crippen LogP contribution in [0.5, 0.6) is 0 Å². The van der Waals surface area contributed by atoms with Crippen molar-refractivity contribution < 1.29 is 5.11 Å². The van der Waals surface area contributed by atoms with Crippen molar-refractivity contribution in [2.24, 2.45) is 0 Å². The molecule has 0 aliphatic rings. The highest BCUT2D eigenvalue weighted by atomic mass is 35.5. The molecule has 1 rings (SSSR count). The summed E-state index contributed by atoms with van der Waals surface area (Å²) in [4.78, 5) is 7.97. The Labute approximate surface area is 88.3 Å². The summed E-state index contributed by atoms with van der Waals surface area (Å²) in [5, 5.41) is 12.1. The van der Waals surface area contributed by atoms with Gasteiger partial charge in [-0.05, 0) is 31.9 Å². The lowest BCUT2D eigenvalue weighted by atomic mass is 10.2. The number of aliphatic hydroxyl groups excluding tert-OH is 1. The minimum absolute atomic E-state index is 0.159. The Bertz CT molecular complexity index is 286. The number of anilines is 1. The van der Waals surface area contributed by atoms with E-state index in [9.17, 15) is 0 Å². The monoisotopic (exact) mass is 215 g/mol. The molecule has 0 amide bonds. The summed E-state index contributed by atoms with van der Waals surface area (Å²) in [6, 6.07) is 1.99. The number of hydrogen-bond acceptors (Lipinski definition) is 4. The maximum Gasteiger partial charge on any atom is 0.224 e. The summed E-state index contributed by atoms with van der Waals surface area (Å²) >= 11 is 5.70. The van der Waals surface area contributed by atoms with Crippen molar-refractivity contribution in [3.63, 3.8) is 0 Å². The molecule has 0 bridgehead atoms. The van der Waals surface area contributed by atoms with Crippen LogP contribution < -0.4 is 5.32 Å². The third-order valence-electron chi connectivity index (χ3n) is 1.78. The molecule has 14 heavy (non-hydrogen) atoms. The fourth-order valence-electron chi connectivity index (χ4n) is 1.12. The minimum atomic E-state index is 0.159. The molecule has 1 heterocycles. The molecular formula is C9H14ClN3O. The summed E-state index contributed by atoms with van der Waals surface area (Å²) in [7, 11) is 0.